The van der Waals surface area contributed by atoms with Crippen molar-refractivity contribution in [3.05, 3.63) is 58.9 Å². The summed E-state index contributed by atoms with van der Waals surface area (Å²) in [5, 5.41) is 3.46. The van der Waals surface area contributed by atoms with Crippen molar-refractivity contribution in [3.8, 4) is 0 Å². The molecule has 1 unspecified atom stereocenters. The molecule has 7 heteroatoms. The van der Waals surface area contributed by atoms with Crippen molar-refractivity contribution in [2.24, 2.45) is 0 Å². The Hall–Kier alpha value is -1.63. The van der Waals surface area contributed by atoms with Gasteiger partial charge in [0.2, 0.25) is 0 Å². The predicted octanol–water partition coefficient (Wildman–Crippen LogP) is 4.82. The first-order chi connectivity index (χ1) is 11.8. The molecule has 2 N–H and O–H groups in total. The number of nitrogens with zero attached hydrogens (tertiary/aromatic N) is 1. The van der Waals surface area contributed by atoms with E-state index in [9.17, 15) is 9.18 Å². The molecule has 2 aromatic rings. The summed E-state index contributed by atoms with van der Waals surface area (Å²) in [5.74, 6) is -0.296. The fourth-order valence-corrected chi connectivity index (χ4v) is 2.86. The second kappa shape index (κ2) is 8.65. The van der Waals surface area contributed by atoms with Crippen LogP contribution in [0.2, 0.25) is 5.15 Å². The molecule has 1 heterocycles. The molecule has 0 aliphatic heterocycles. The van der Waals surface area contributed by atoms with Crippen molar-refractivity contribution in [2.75, 3.05) is 11.9 Å². The first-order valence-electron chi connectivity index (χ1n) is 7.89. The highest BCUT2D eigenvalue weighted by Crippen LogP contribution is 2.27. The molecule has 0 aliphatic carbocycles. The van der Waals surface area contributed by atoms with Gasteiger partial charge in [0.25, 0.3) is 5.91 Å². The second-order valence-electron chi connectivity index (χ2n) is 6.09. The van der Waals surface area contributed by atoms with Crippen LogP contribution in [0.1, 0.15) is 36.7 Å². The summed E-state index contributed by atoms with van der Waals surface area (Å²) in [7, 11) is 0. The van der Waals surface area contributed by atoms with Crippen molar-refractivity contribution in [3.63, 3.8) is 0 Å². The Bertz CT molecular complexity index is 705. The molecule has 1 amide bonds. The van der Waals surface area contributed by atoms with Gasteiger partial charge in [0, 0.05) is 23.7 Å². The fraction of sp³-hybridized carbons (Fsp3) is 0.333. The molecular weight excluding hydrogens is 361 g/mol. The zero-order valence-corrected chi connectivity index (χ0v) is 15.9. The molecule has 2 rings (SSSR count). The smallest absolute Gasteiger partial charge is 0.257 e. The summed E-state index contributed by atoms with van der Waals surface area (Å²) in [6.45, 7) is 5.83. The molecule has 4 nitrogen and oxygen atoms in total. The number of amides is 1. The van der Waals surface area contributed by atoms with E-state index in [4.69, 9.17) is 11.6 Å². The first kappa shape index (κ1) is 19.7. The van der Waals surface area contributed by atoms with Crippen molar-refractivity contribution in [2.45, 2.75) is 31.7 Å². The van der Waals surface area contributed by atoms with Gasteiger partial charge >= 0.3 is 0 Å². The molecule has 134 valence electrons. The number of nitrogens with one attached hydrogen (secondary N) is 2. The summed E-state index contributed by atoms with van der Waals surface area (Å²) in [6, 6.07) is 9.87. The minimum atomic E-state index is -1.50. The minimum Gasteiger partial charge on any atom is -0.322 e. The molecule has 25 heavy (non-hydrogen) atoms. The molecule has 1 aromatic heterocycles. The van der Waals surface area contributed by atoms with Gasteiger partial charge < -0.3 is 5.32 Å². The average molecular weight is 382 g/mol. The maximum absolute atomic E-state index is 14.8. The van der Waals surface area contributed by atoms with E-state index in [0.717, 1.165) is 0 Å². The van der Waals surface area contributed by atoms with Gasteiger partial charge in [0.15, 0.2) is 0 Å². The quantitative estimate of drug-likeness (QED) is 0.533. The van der Waals surface area contributed by atoms with E-state index in [1.165, 1.54) is 25.1 Å². The average Bonchev–Trinajstić information content (AvgIpc) is 2.55. The third-order valence-corrected chi connectivity index (χ3v) is 4.46. The van der Waals surface area contributed by atoms with Gasteiger partial charge in [-0.05, 0) is 36.8 Å². The van der Waals surface area contributed by atoms with Crippen LogP contribution in [0.3, 0.4) is 0 Å². The van der Waals surface area contributed by atoms with E-state index in [2.05, 4.69) is 15.0 Å². The zero-order valence-electron chi connectivity index (χ0n) is 14.3. The molecule has 0 aliphatic rings. The molecule has 1 atom stereocenters. The molecular formula is C18H21ClFN3OS. The predicted molar refractivity (Wildman–Crippen MR) is 103 cm³/mol. The monoisotopic (exact) mass is 381 g/mol. The number of hydrogen-bond donors (Lipinski definition) is 2. The summed E-state index contributed by atoms with van der Waals surface area (Å²) in [4.78, 5) is 16.0. The number of hydrogen-bond acceptors (Lipinski definition) is 4. The summed E-state index contributed by atoms with van der Waals surface area (Å²) >= 11 is 7.21. The highest BCUT2D eigenvalue weighted by Gasteiger charge is 2.25. The molecule has 0 radical (unpaired) electrons. The number of alkyl halides is 1. The third kappa shape index (κ3) is 5.99. The molecule has 1 aromatic carbocycles. The SMILES string of the molecule is CC(C)SNCC(C)(F)c1ccc(NC(=O)c2ccc(Cl)nc2)cc1. The van der Waals surface area contributed by atoms with Gasteiger partial charge in [0.1, 0.15) is 10.8 Å². The summed E-state index contributed by atoms with van der Waals surface area (Å²) in [6.07, 6.45) is 1.41. The van der Waals surface area contributed by atoms with Gasteiger partial charge in [0.05, 0.1) is 5.56 Å². The number of carbonyl (C=O) groups excluding carboxylic acids is 1. The minimum absolute atomic E-state index is 0.206. The van der Waals surface area contributed by atoms with Crippen LogP contribution in [0.5, 0.6) is 0 Å². The van der Waals surface area contributed by atoms with E-state index in [1.54, 1.807) is 36.4 Å². The maximum Gasteiger partial charge on any atom is 0.257 e. The number of aromatic nitrogens is 1. The summed E-state index contributed by atoms with van der Waals surface area (Å²) in [5.41, 5.74) is 0.0445. The largest absolute Gasteiger partial charge is 0.322 e. The molecule has 0 spiro atoms. The second-order valence-corrected chi connectivity index (χ2v) is 7.94. The lowest BCUT2D eigenvalue weighted by Crippen LogP contribution is -2.29. The molecule has 0 saturated heterocycles. The van der Waals surface area contributed by atoms with Crippen LogP contribution in [0.15, 0.2) is 42.6 Å². The van der Waals surface area contributed by atoms with Crippen LogP contribution in [0.25, 0.3) is 0 Å². The Balaban J connectivity index is 1.99. The molecule has 0 fully saturated rings. The fourth-order valence-electron chi connectivity index (χ4n) is 2.06. The number of rotatable bonds is 7. The number of benzene rings is 1. The Kier molecular flexibility index (Phi) is 6.81. The number of anilines is 1. The highest BCUT2D eigenvalue weighted by atomic mass is 35.5. The normalized spacial score (nSPS) is 13.5. The van der Waals surface area contributed by atoms with Gasteiger partial charge in [-0.25, -0.2) is 9.37 Å². The lowest BCUT2D eigenvalue weighted by molar-refractivity contribution is 0.102. The van der Waals surface area contributed by atoms with Crippen LogP contribution in [-0.4, -0.2) is 22.7 Å². The summed E-state index contributed by atoms with van der Waals surface area (Å²) < 4.78 is 17.8. The van der Waals surface area contributed by atoms with Crippen LogP contribution in [0.4, 0.5) is 10.1 Å². The van der Waals surface area contributed by atoms with Crippen LogP contribution in [-0.2, 0) is 5.67 Å². The van der Waals surface area contributed by atoms with Crippen molar-refractivity contribution >= 4 is 35.1 Å². The van der Waals surface area contributed by atoms with Crippen molar-refractivity contribution < 1.29 is 9.18 Å². The van der Waals surface area contributed by atoms with Gasteiger partial charge in [-0.1, -0.05) is 49.5 Å². The van der Waals surface area contributed by atoms with E-state index in [-0.39, 0.29) is 12.5 Å². The zero-order chi connectivity index (χ0) is 18.4. The lowest BCUT2D eigenvalue weighted by Gasteiger charge is -2.22. The van der Waals surface area contributed by atoms with Gasteiger partial charge in [-0.15, -0.1) is 0 Å². The highest BCUT2D eigenvalue weighted by molar-refractivity contribution is 7.97. The van der Waals surface area contributed by atoms with E-state index < -0.39 is 5.67 Å². The van der Waals surface area contributed by atoms with E-state index in [1.807, 2.05) is 13.8 Å². The van der Waals surface area contributed by atoms with E-state index in [0.29, 0.717) is 27.2 Å². The van der Waals surface area contributed by atoms with Crippen molar-refractivity contribution in [1.29, 1.82) is 0 Å². The Morgan fingerprint density at radius 2 is 1.96 bits per heavy atom. The molecule has 0 bridgehead atoms. The topological polar surface area (TPSA) is 54.0 Å². The number of carbonyl (C=O) groups is 1. The van der Waals surface area contributed by atoms with Crippen LogP contribution < -0.4 is 10.0 Å². The molecule has 0 saturated carbocycles. The van der Waals surface area contributed by atoms with Gasteiger partial charge in [-0.2, -0.15) is 0 Å². The van der Waals surface area contributed by atoms with E-state index >= 15 is 0 Å². The van der Waals surface area contributed by atoms with Crippen molar-refractivity contribution in [1.82, 2.24) is 9.71 Å². The maximum atomic E-state index is 14.8. The standard InChI is InChI=1S/C18H21ClFN3OS/c1-12(2)25-22-11-18(3,20)14-5-7-15(8-6-14)23-17(24)13-4-9-16(19)21-10-13/h4-10,12,22H,11H2,1-3H3,(H,23,24). The Morgan fingerprint density at radius 1 is 1.28 bits per heavy atom. The van der Waals surface area contributed by atoms with Gasteiger partial charge in [-0.3, -0.25) is 9.52 Å². The number of halogens is 2. The Labute approximate surface area is 156 Å². The first-order valence-corrected chi connectivity index (χ1v) is 9.14. The third-order valence-electron chi connectivity index (χ3n) is 3.46. The number of pyridine rings is 1. The lowest BCUT2D eigenvalue weighted by atomic mass is 9.98. The van der Waals surface area contributed by atoms with Crippen LogP contribution >= 0.6 is 23.5 Å². The Morgan fingerprint density at radius 3 is 2.52 bits per heavy atom. The van der Waals surface area contributed by atoms with Crippen LogP contribution in [0, 0.1) is 0 Å².